The molecule has 1 aliphatic rings. The summed E-state index contributed by atoms with van der Waals surface area (Å²) < 4.78 is 1.79. The van der Waals surface area contributed by atoms with Crippen LogP contribution >= 0.6 is 0 Å². The predicted molar refractivity (Wildman–Crippen MR) is 102 cm³/mol. The molecule has 1 aromatic heterocycles. The van der Waals surface area contributed by atoms with Gasteiger partial charge >= 0.3 is 5.97 Å². The number of rotatable bonds is 6. The van der Waals surface area contributed by atoms with E-state index in [1.165, 1.54) is 0 Å². The third-order valence-electron chi connectivity index (χ3n) is 5.08. The molecule has 0 saturated carbocycles. The van der Waals surface area contributed by atoms with E-state index in [1.54, 1.807) is 9.58 Å². The molecule has 0 saturated heterocycles. The molecule has 144 valence electrons. The van der Waals surface area contributed by atoms with Gasteiger partial charge < -0.3 is 14.9 Å². The van der Waals surface area contributed by atoms with E-state index in [4.69, 9.17) is 0 Å². The van der Waals surface area contributed by atoms with Crippen LogP contribution in [0.1, 0.15) is 40.2 Å². The van der Waals surface area contributed by atoms with Crippen LogP contribution in [0.25, 0.3) is 0 Å². The van der Waals surface area contributed by atoms with Crippen LogP contribution in [0.5, 0.6) is 0 Å². The van der Waals surface area contributed by atoms with Crippen molar-refractivity contribution in [1.82, 2.24) is 19.6 Å². The Morgan fingerprint density at radius 1 is 1.26 bits per heavy atom. The molecular formula is C20H26N4O3. The van der Waals surface area contributed by atoms with Crippen molar-refractivity contribution in [3.8, 4) is 0 Å². The monoisotopic (exact) mass is 370 g/mol. The van der Waals surface area contributed by atoms with Crippen molar-refractivity contribution >= 4 is 11.9 Å². The number of carbonyl (C=O) groups is 2. The van der Waals surface area contributed by atoms with Crippen LogP contribution in [0.15, 0.2) is 30.3 Å². The Balaban J connectivity index is 1.82. The van der Waals surface area contributed by atoms with Gasteiger partial charge in [0.05, 0.1) is 12.5 Å². The summed E-state index contributed by atoms with van der Waals surface area (Å²) >= 11 is 0. The summed E-state index contributed by atoms with van der Waals surface area (Å²) in [4.78, 5) is 28.4. The summed E-state index contributed by atoms with van der Waals surface area (Å²) in [6, 6.07) is 9.66. The first-order chi connectivity index (χ1) is 12.9. The molecule has 7 heteroatoms. The Kier molecular flexibility index (Phi) is 5.60. The number of nitrogens with zero attached hydrogens (tertiary/aromatic N) is 4. The van der Waals surface area contributed by atoms with E-state index in [0.717, 1.165) is 17.8 Å². The Hall–Kier alpha value is -2.67. The molecule has 0 bridgehead atoms. The minimum Gasteiger partial charge on any atom is -0.476 e. The van der Waals surface area contributed by atoms with Crippen molar-refractivity contribution in [2.75, 3.05) is 27.2 Å². The average molecular weight is 370 g/mol. The highest BCUT2D eigenvalue weighted by Crippen LogP contribution is 2.26. The average Bonchev–Trinajstić information content (AvgIpc) is 3.04. The molecule has 3 rings (SSSR count). The molecule has 1 N–H and O–H groups in total. The zero-order chi connectivity index (χ0) is 19.6. The van der Waals surface area contributed by atoms with Crippen LogP contribution in [-0.2, 0) is 24.3 Å². The fourth-order valence-electron chi connectivity index (χ4n) is 3.49. The van der Waals surface area contributed by atoms with Gasteiger partial charge in [-0.2, -0.15) is 5.10 Å². The first kappa shape index (κ1) is 19.1. The van der Waals surface area contributed by atoms with Gasteiger partial charge in [-0.25, -0.2) is 4.79 Å². The normalized spacial score (nSPS) is 14.9. The molecule has 0 spiro atoms. The van der Waals surface area contributed by atoms with Crippen molar-refractivity contribution in [2.24, 2.45) is 0 Å². The van der Waals surface area contributed by atoms with Gasteiger partial charge in [0, 0.05) is 37.3 Å². The minimum atomic E-state index is -1.04. The first-order valence-corrected chi connectivity index (χ1v) is 9.18. The first-order valence-electron chi connectivity index (χ1n) is 9.18. The maximum Gasteiger partial charge on any atom is 0.356 e. The number of carboxylic acids is 1. The molecule has 2 aromatic rings. The third-order valence-corrected chi connectivity index (χ3v) is 5.08. The number of carbonyl (C=O) groups excluding carboxylic acids is 1. The maximum atomic E-state index is 13.0. The van der Waals surface area contributed by atoms with Crippen LogP contribution in [0.3, 0.4) is 0 Å². The van der Waals surface area contributed by atoms with E-state index in [0.29, 0.717) is 31.6 Å². The van der Waals surface area contributed by atoms with E-state index in [1.807, 2.05) is 56.3 Å². The van der Waals surface area contributed by atoms with E-state index in [9.17, 15) is 14.7 Å². The molecule has 7 nitrogen and oxygen atoms in total. The van der Waals surface area contributed by atoms with Crippen molar-refractivity contribution < 1.29 is 14.7 Å². The number of benzene rings is 1. The fourth-order valence-corrected chi connectivity index (χ4v) is 3.49. The molecular weight excluding hydrogens is 344 g/mol. The van der Waals surface area contributed by atoms with Crippen LogP contribution in [-0.4, -0.2) is 63.7 Å². The highest BCUT2D eigenvalue weighted by Gasteiger charge is 2.31. The molecule has 2 heterocycles. The van der Waals surface area contributed by atoms with E-state index >= 15 is 0 Å². The number of aromatic nitrogens is 2. The van der Waals surface area contributed by atoms with Gasteiger partial charge in [0.25, 0.3) is 0 Å². The van der Waals surface area contributed by atoms with Crippen LogP contribution < -0.4 is 0 Å². The number of hydrogen-bond donors (Lipinski definition) is 1. The van der Waals surface area contributed by atoms with E-state index < -0.39 is 5.97 Å². The Labute approximate surface area is 159 Å². The number of carboxylic acid groups (broad SMARTS) is 1. The Morgan fingerprint density at radius 3 is 2.59 bits per heavy atom. The van der Waals surface area contributed by atoms with Crippen molar-refractivity contribution in [1.29, 1.82) is 0 Å². The second kappa shape index (κ2) is 7.92. The smallest absolute Gasteiger partial charge is 0.356 e. The van der Waals surface area contributed by atoms with Gasteiger partial charge in [0.2, 0.25) is 5.91 Å². The molecule has 27 heavy (non-hydrogen) atoms. The SMILES string of the molecule is CC(C(=O)N1CCc2c(c(C(=O)O)nn2CCN(C)C)C1)c1ccccc1. The van der Waals surface area contributed by atoms with Gasteiger partial charge in [-0.1, -0.05) is 30.3 Å². The topological polar surface area (TPSA) is 78.7 Å². The maximum absolute atomic E-state index is 13.0. The van der Waals surface area contributed by atoms with E-state index in [-0.39, 0.29) is 17.5 Å². The van der Waals surface area contributed by atoms with Gasteiger partial charge in [0.15, 0.2) is 5.69 Å². The van der Waals surface area contributed by atoms with Gasteiger partial charge in [-0.3, -0.25) is 9.48 Å². The molecule has 1 unspecified atom stereocenters. The van der Waals surface area contributed by atoms with Crippen molar-refractivity contribution in [2.45, 2.75) is 32.4 Å². The quantitative estimate of drug-likeness (QED) is 0.839. The highest BCUT2D eigenvalue weighted by molar-refractivity contribution is 5.88. The molecule has 1 atom stereocenters. The lowest BCUT2D eigenvalue weighted by molar-refractivity contribution is -0.133. The molecule has 1 aromatic carbocycles. The number of aromatic carboxylic acids is 1. The molecule has 1 aliphatic heterocycles. The minimum absolute atomic E-state index is 0.0178. The molecule has 0 radical (unpaired) electrons. The highest BCUT2D eigenvalue weighted by atomic mass is 16.4. The van der Waals surface area contributed by atoms with E-state index in [2.05, 4.69) is 5.10 Å². The summed E-state index contributed by atoms with van der Waals surface area (Å²) in [5, 5.41) is 13.9. The summed E-state index contributed by atoms with van der Waals surface area (Å²) in [5.41, 5.74) is 2.63. The lowest BCUT2D eigenvalue weighted by atomic mass is 9.97. The number of amides is 1. The Morgan fingerprint density at radius 2 is 1.96 bits per heavy atom. The van der Waals surface area contributed by atoms with Crippen molar-refractivity contribution in [3.05, 3.63) is 52.8 Å². The lowest BCUT2D eigenvalue weighted by Crippen LogP contribution is -2.39. The molecule has 0 fully saturated rings. The third kappa shape index (κ3) is 4.03. The summed E-state index contributed by atoms with van der Waals surface area (Å²) in [6.07, 6.45) is 0.621. The van der Waals surface area contributed by atoms with Crippen LogP contribution in [0.4, 0.5) is 0 Å². The number of hydrogen-bond acceptors (Lipinski definition) is 4. The summed E-state index contributed by atoms with van der Waals surface area (Å²) in [7, 11) is 3.94. The number of fused-ring (bicyclic) bond motifs is 1. The largest absolute Gasteiger partial charge is 0.476 e. The zero-order valence-corrected chi connectivity index (χ0v) is 16.1. The Bertz CT molecular complexity index is 829. The molecule has 0 aliphatic carbocycles. The predicted octanol–water partition coefficient (Wildman–Crippen LogP) is 1.83. The number of likely N-dealkylation sites (N-methyl/N-ethyl adjacent to an activating group) is 1. The summed E-state index contributed by atoms with van der Waals surface area (Å²) in [6.45, 7) is 4.19. The summed E-state index contributed by atoms with van der Waals surface area (Å²) in [5.74, 6) is -1.28. The van der Waals surface area contributed by atoms with Crippen LogP contribution in [0, 0.1) is 0 Å². The standard InChI is InChI=1S/C20H26N4O3/c1-14(15-7-5-4-6-8-15)19(25)23-10-9-17-16(13-23)18(20(26)27)21-24(17)12-11-22(2)3/h4-8,14H,9-13H2,1-3H3,(H,26,27). The van der Waals surface area contributed by atoms with Crippen LogP contribution in [0.2, 0.25) is 0 Å². The molecule has 1 amide bonds. The fraction of sp³-hybridized carbons (Fsp3) is 0.450. The second-order valence-corrected chi connectivity index (χ2v) is 7.25. The van der Waals surface area contributed by atoms with Gasteiger partial charge in [-0.15, -0.1) is 0 Å². The van der Waals surface area contributed by atoms with Crippen molar-refractivity contribution in [3.63, 3.8) is 0 Å². The zero-order valence-electron chi connectivity index (χ0n) is 16.1. The van der Waals surface area contributed by atoms with Gasteiger partial charge in [0.1, 0.15) is 0 Å². The van der Waals surface area contributed by atoms with Gasteiger partial charge in [-0.05, 0) is 26.6 Å². The second-order valence-electron chi connectivity index (χ2n) is 7.25. The lowest BCUT2D eigenvalue weighted by Gasteiger charge is -2.30.